The molecule has 0 atom stereocenters. The zero-order valence-electron chi connectivity index (χ0n) is 10.0. The van der Waals surface area contributed by atoms with Crippen molar-refractivity contribution in [1.29, 1.82) is 0 Å². The van der Waals surface area contributed by atoms with E-state index >= 15 is 0 Å². The zero-order chi connectivity index (χ0) is 12.3. The van der Waals surface area contributed by atoms with E-state index in [2.05, 4.69) is 5.32 Å². The number of carbonyl (C=O) groups excluding carboxylic acids is 1. The molecule has 17 heavy (non-hydrogen) atoms. The van der Waals surface area contributed by atoms with E-state index in [0.29, 0.717) is 0 Å². The smallest absolute Gasteiger partial charge is 0.323 e. The molecule has 0 unspecified atom stereocenters. The van der Waals surface area contributed by atoms with Crippen molar-refractivity contribution in [2.24, 2.45) is 0 Å². The molecule has 0 heterocycles. The number of hydrogen-bond donors (Lipinski definition) is 2. The highest BCUT2D eigenvalue weighted by Crippen LogP contribution is 2.27. The first-order chi connectivity index (χ1) is 8.16. The number of aliphatic carboxylic acids is 1. The molecule has 0 aromatic carbocycles. The van der Waals surface area contributed by atoms with E-state index in [9.17, 15) is 9.59 Å². The average Bonchev–Trinajstić information content (AvgIpc) is 3.10. The van der Waals surface area contributed by atoms with Gasteiger partial charge in [-0.15, -0.1) is 0 Å². The monoisotopic (exact) mass is 240 g/mol. The largest absolute Gasteiger partial charge is 0.480 e. The van der Waals surface area contributed by atoms with Crippen LogP contribution in [0.1, 0.15) is 44.9 Å². The molecule has 0 spiro atoms. The molecule has 2 aliphatic carbocycles. The molecule has 2 aliphatic rings. The van der Waals surface area contributed by atoms with Crippen molar-refractivity contribution in [1.82, 2.24) is 10.2 Å². The average molecular weight is 240 g/mol. The lowest BCUT2D eigenvalue weighted by Gasteiger charge is -2.27. The molecule has 2 saturated carbocycles. The molecule has 96 valence electrons. The summed E-state index contributed by atoms with van der Waals surface area (Å²) in [4.78, 5) is 24.2. The molecule has 0 radical (unpaired) electrons. The third-order valence-electron chi connectivity index (χ3n) is 3.49. The van der Waals surface area contributed by atoms with Gasteiger partial charge >= 0.3 is 12.0 Å². The van der Waals surface area contributed by atoms with Gasteiger partial charge in [0.15, 0.2) is 0 Å². The first kappa shape index (κ1) is 12.2. The number of hydrogen-bond acceptors (Lipinski definition) is 2. The minimum Gasteiger partial charge on any atom is -0.480 e. The highest BCUT2D eigenvalue weighted by atomic mass is 16.4. The molecule has 2 fully saturated rings. The molecule has 0 bridgehead atoms. The van der Waals surface area contributed by atoms with E-state index in [-0.39, 0.29) is 24.7 Å². The van der Waals surface area contributed by atoms with E-state index in [1.54, 1.807) is 0 Å². The van der Waals surface area contributed by atoms with Crippen LogP contribution in [0.4, 0.5) is 4.79 Å². The number of carboxylic acid groups (broad SMARTS) is 1. The van der Waals surface area contributed by atoms with Crippen molar-refractivity contribution >= 4 is 12.0 Å². The summed E-state index contributed by atoms with van der Waals surface area (Å²) in [5, 5.41) is 11.8. The summed E-state index contributed by atoms with van der Waals surface area (Å²) in [6.45, 7) is -0.177. The molecular formula is C12H20N2O3. The summed E-state index contributed by atoms with van der Waals surface area (Å²) < 4.78 is 0. The molecule has 2 amide bonds. The minimum absolute atomic E-state index is 0.148. The van der Waals surface area contributed by atoms with Gasteiger partial charge in [-0.05, 0) is 25.7 Å². The molecule has 0 aliphatic heterocycles. The number of nitrogens with zero attached hydrogens (tertiary/aromatic N) is 1. The fraction of sp³-hybridized carbons (Fsp3) is 0.833. The second kappa shape index (κ2) is 5.38. The van der Waals surface area contributed by atoms with Gasteiger partial charge in [-0.2, -0.15) is 0 Å². The maximum atomic E-state index is 12.0. The van der Waals surface area contributed by atoms with Gasteiger partial charge in [0, 0.05) is 12.1 Å². The van der Waals surface area contributed by atoms with E-state index in [4.69, 9.17) is 5.11 Å². The van der Waals surface area contributed by atoms with E-state index in [1.165, 1.54) is 11.3 Å². The summed E-state index contributed by atoms with van der Waals surface area (Å²) >= 11 is 0. The topological polar surface area (TPSA) is 69.6 Å². The van der Waals surface area contributed by atoms with Gasteiger partial charge in [-0.3, -0.25) is 4.79 Å². The quantitative estimate of drug-likeness (QED) is 0.783. The Kier molecular flexibility index (Phi) is 3.86. The normalized spacial score (nSPS) is 20.9. The van der Waals surface area contributed by atoms with Gasteiger partial charge in [-0.1, -0.05) is 19.3 Å². The maximum absolute atomic E-state index is 12.0. The van der Waals surface area contributed by atoms with Crippen molar-refractivity contribution in [2.75, 3.05) is 6.54 Å². The second-order valence-corrected chi connectivity index (χ2v) is 5.04. The van der Waals surface area contributed by atoms with Gasteiger partial charge < -0.3 is 15.3 Å². The number of urea groups is 1. The molecule has 0 aromatic rings. The van der Waals surface area contributed by atoms with Crippen LogP contribution in [0, 0.1) is 0 Å². The summed E-state index contributed by atoms with van der Waals surface area (Å²) in [6, 6.07) is 0.197. The third-order valence-corrected chi connectivity index (χ3v) is 3.49. The van der Waals surface area contributed by atoms with Gasteiger partial charge in [0.25, 0.3) is 0 Å². The Hall–Kier alpha value is -1.26. The van der Waals surface area contributed by atoms with Crippen molar-refractivity contribution in [3.63, 3.8) is 0 Å². The molecule has 5 heteroatoms. The lowest BCUT2D eigenvalue weighted by Crippen LogP contribution is -2.48. The molecule has 2 N–H and O–H groups in total. The molecule has 0 saturated heterocycles. The third kappa shape index (κ3) is 3.61. The lowest BCUT2D eigenvalue weighted by atomic mass is 9.96. The molecule has 5 nitrogen and oxygen atoms in total. The molecular weight excluding hydrogens is 220 g/mol. The first-order valence-electron chi connectivity index (χ1n) is 6.46. The standard InChI is InChI=1S/C12H20N2O3/c15-11(16)8-14(10-6-7-10)12(17)13-9-4-2-1-3-5-9/h9-10H,1-8H2,(H,13,17)(H,15,16). The Morgan fingerprint density at radius 1 is 1.12 bits per heavy atom. The van der Waals surface area contributed by atoms with Crippen LogP contribution < -0.4 is 5.32 Å². The lowest BCUT2D eigenvalue weighted by molar-refractivity contribution is -0.137. The predicted octanol–water partition coefficient (Wildman–Crippen LogP) is 1.58. The minimum atomic E-state index is -0.935. The predicted molar refractivity (Wildman–Crippen MR) is 62.8 cm³/mol. The summed E-state index contributed by atoms with van der Waals surface area (Å²) in [5.74, 6) is -0.935. The first-order valence-corrected chi connectivity index (χ1v) is 6.46. The van der Waals surface area contributed by atoms with Crippen LogP contribution in [0.5, 0.6) is 0 Å². The Balaban J connectivity index is 1.84. The fourth-order valence-electron chi connectivity index (χ4n) is 2.40. The maximum Gasteiger partial charge on any atom is 0.323 e. The van der Waals surface area contributed by atoms with Crippen LogP contribution in [0.15, 0.2) is 0 Å². The van der Waals surface area contributed by atoms with Crippen molar-refractivity contribution in [2.45, 2.75) is 57.0 Å². The van der Waals surface area contributed by atoms with E-state index in [0.717, 1.165) is 38.5 Å². The number of carbonyl (C=O) groups is 2. The fourth-order valence-corrected chi connectivity index (χ4v) is 2.40. The van der Waals surface area contributed by atoms with Crippen LogP contribution in [-0.4, -0.2) is 40.6 Å². The van der Waals surface area contributed by atoms with Gasteiger partial charge in [0.2, 0.25) is 0 Å². The van der Waals surface area contributed by atoms with Crippen molar-refractivity contribution < 1.29 is 14.7 Å². The van der Waals surface area contributed by atoms with E-state index in [1.807, 2.05) is 0 Å². The van der Waals surface area contributed by atoms with Gasteiger partial charge in [-0.25, -0.2) is 4.79 Å². The van der Waals surface area contributed by atoms with Crippen molar-refractivity contribution in [3.8, 4) is 0 Å². The van der Waals surface area contributed by atoms with Gasteiger partial charge in [0.1, 0.15) is 6.54 Å². The zero-order valence-corrected chi connectivity index (χ0v) is 10.0. The second-order valence-electron chi connectivity index (χ2n) is 5.04. The van der Waals surface area contributed by atoms with Crippen LogP contribution in [0.2, 0.25) is 0 Å². The van der Waals surface area contributed by atoms with Crippen LogP contribution in [0.25, 0.3) is 0 Å². The molecule has 0 aromatic heterocycles. The molecule has 2 rings (SSSR count). The van der Waals surface area contributed by atoms with Gasteiger partial charge in [0.05, 0.1) is 0 Å². The highest BCUT2D eigenvalue weighted by molar-refractivity contribution is 5.80. The summed E-state index contributed by atoms with van der Waals surface area (Å²) in [6.07, 6.45) is 7.49. The van der Waals surface area contributed by atoms with Crippen LogP contribution >= 0.6 is 0 Å². The highest BCUT2D eigenvalue weighted by Gasteiger charge is 2.34. The Morgan fingerprint density at radius 3 is 2.29 bits per heavy atom. The Labute approximate surface area is 101 Å². The van der Waals surface area contributed by atoms with Crippen LogP contribution in [-0.2, 0) is 4.79 Å². The van der Waals surface area contributed by atoms with Crippen LogP contribution in [0.3, 0.4) is 0 Å². The SMILES string of the molecule is O=C(O)CN(C(=O)NC1CCCCC1)C1CC1. The number of carboxylic acids is 1. The Bertz CT molecular complexity index is 296. The Morgan fingerprint density at radius 2 is 1.76 bits per heavy atom. The number of nitrogens with one attached hydrogen (secondary N) is 1. The van der Waals surface area contributed by atoms with E-state index < -0.39 is 5.97 Å². The summed E-state index contributed by atoms with van der Waals surface area (Å²) in [7, 11) is 0. The number of amides is 2. The van der Waals surface area contributed by atoms with Crippen molar-refractivity contribution in [3.05, 3.63) is 0 Å². The number of rotatable bonds is 4. The summed E-state index contributed by atoms with van der Waals surface area (Å²) in [5.41, 5.74) is 0.